The summed E-state index contributed by atoms with van der Waals surface area (Å²) in [4.78, 5) is 13.2. The van der Waals surface area contributed by atoms with Gasteiger partial charge in [-0.15, -0.1) is 0 Å². The molecule has 1 saturated heterocycles. The Hall–Kier alpha value is -1.76. The van der Waals surface area contributed by atoms with E-state index in [0.29, 0.717) is 13.0 Å². The maximum absolute atomic E-state index is 12.3. The standard InChI is InChI=1S/C15H20F3N3O/c1-11(12-5-3-2-4-6-12)19-14(22)20-13-7-8-21(9-13)10-15(16,17)18/h2-6,11,13H,7-10H2,1H3,(H2,19,20,22)/t11-,13-/m1/s1. The van der Waals surface area contributed by atoms with Crippen LogP contribution in [0, 0.1) is 0 Å². The Morgan fingerprint density at radius 1 is 1.36 bits per heavy atom. The Morgan fingerprint density at radius 2 is 2.05 bits per heavy atom. The second-order valence-corrected chi connectivity index (χ2v) is 5.59. The molecule has 4 nitrogen and oxygen atoms in total. The van der Waals surface area contributed by atoms with Crippen molar-refractivity contribution in [2.24, 2.45) is 0 Å². The van der Waals surface area contributed by atoms with Crippen LogP contribution in [0.15, 0.2) is 30.3 Å². The minimum absolute atomic E-state index is 0.158. The second-order valence-electron chi connectivity index (χ2n) is 5.59. The van der Waals surface area contributed by atoms with E-state index in [9.17, 15) is 18.0 Å². The molecule has 0 unspecified atom stereocenters. The Kier molecular flexibility index (Phi) is 5.28. The first-order valence-electron chi connectivity index (χ1n) is 7.24. The van der Waals surface area contributed by atoms with Crippen molar-refractivity contribution < 1.29 is 18.0 Å². The van der Waals surface area contributed by atoms with Gasteiger partial charge in [-0.1, -0.05) is 30.3 Å². The van der Waals surface area contributed by atoms with Crippen LogP contribution in [0.5, 0.6) is 0 Å². The van der Waals surface area contributed by atoms with Gasteiger partial charge in [0, 0.05) is 19.1 Å². The van der Waals surface area contributed by atoms with E-state index >= 15 is 0 Å². The molecule has 2 atom stereocenters. The molecule has 2 amide bonds. The Morgan fingerprint density at radius 3 is 2.68 bits per heavy atom. The van der Waals surface area contributed by atoms with E-state index < -0.39 is 12.7 Å². The number of hydrogen-bond acceptors (Lipinski definition) is 2. The highest BCUT2D eigenvalue weighted by atomic mass is 19.4. The molecule has 1 heterocycles. The lowest BCUT2D eigenvalue weighted by Crippen LogP contribution is -2.44. The van der Waals surface area contributed by atoms with Gasteiger partial charge in [0.1, 0.15) is 0 Å². The van der Waals surface area contributed by atoms with Crippen molar-refractivity contribution in [3.05, 3.63) is 35.9 Å². The quantitative estimate of drug-likeness (QED) is 0.897. The third-order valence-electron chi connectivity index (χ3n) is 3.66. The Labute approximate surface area is 127 Å². The molecule has 0 bridgehead atoms. The highest BCUT2D eigenvalue weighted by Crippen LogP contribution is 2.20. The first-order valence-corrected chi connectivity index (χ1v) is 7.24. The molecule has 22 heavy (non-hydrogen) atoms. The first-order chi connectivity index (χ1) is 10.3. The van der Waals surface area contributed by atoms with Crippen molar-refractivity contribution in [3.63, 3.8) is 0 Å². The van der Waals surface area contributed by atoms with Crippen molar-refractivity contribution in [1.29, 1.82) is 0 Å². The molecule has 0 aromatic heterocycles. The van der Waals surface area contributed by atoms with Gasteiger partial charge in [-0.2, -0.15) is 13.2 Å². The number of halogens is 3. The van der Waals surface area contributed by atoms with Crippen LogP contribution in [0.4, 0.5) is 18.0 Å². The zero-order valence-corrected chi connectivity index (χ0v) is 12.4. The molecule has 0 radical (unpaired) electrons. The number of benzene rings is 1. The minimum atomic E-state index is -4.20. The monoisotopic (exact) mass is 315 g/mol. The summed E-state index contributed by atoms with van der Waals surface area (Å²) in [6, 6.07) is 8.73. The number of nitrogens with one attached hydrogen (secondary N) is 2. The van der Waals surface area contributed by atoms with Crippen LogP contribution >= 0.6 is 0 Å². The molecule has 1 aliphatic heterocycles. The van der Waals surface area contributed by atoms with Crippen molar-refractivity contribution in [3.8, 4) is 0 Å². The predicted octanol–water partition coefficient (Wildman–Crippen LogP) is 2.68. The number of amides is 2. The van der Waals surface area contributed by atoms with Gasteiger partial charge < -0.3 is 10.6 Å². The van der Waals surface area contributed by atoms with Crippen LogP contribution in [0.3, 0.4) is 0 Å². The number of hydrogen-bond donors (Lipinski definition) is 2. The van der Waals surface area contributed by atoms with E-state index in [2.05, 4.69) is 10.6 Å². The lowest BCUT2D eigenvalue weighted by molar-refractivity contribution is -0.143. The minimum Gasteiger partial charge on any atom is -0.334 e. The fraction of sp³-hybridized carbons (Fsp3) is 0.533. The summed E-state index contributed by atoms with van der Waals surface area (Å²) >= 11 is 0. The molecular weight excluding hydrogens is 295 g/mol. The number of alkyl halides is 3. The van der Waals surface area contributed by atoms with Crippen LogP contribution in [0.25, 0.3) is 0 Å². The molecule has 2 N–H and O–H groups in total. The molecule has 0 spiro atoms. The maximum Gasteiger partial charge on any atom is 0.401 e. The molecular formula is C15H20F3N3O. The summed E-state index contributed by atoms with van der Waals surface area (Å²) in [6.45, 7) is 1.51. The lowest BCUT2D eigenvalue weighted by atomic mass is 10.1. The number of rotatable bonds is 4. The fourth-order valence-electron chi connectivity index (χ4n) is 2.60. The van der Waals surface area contributed by atoms with E-state index in [1.54, 1.807) is 0 Å². The zero-order chi connectivity index (χ0) is 16.2. The highest BCUT2D eigenvalue weighted by Gasteiger charge is 2.34. The molecule has 0 aliphatic carbocycles. The topological polar surface area (TPSA) is 44.4 Å². The summed E-state index contributed by atoms with van der Waals surface area (Å²) in [5, 5.41) is 5.53. The van der Waals surface area contributed by atoms with Gasteiger partial charge in [0.05, 0.1) is 12.6 Å². The number of urea groups is 1. The third-order valence-corrected chi connectivity index (χ3v) is 3.66. The van der Waals surface area contributed by atoms with Gasteiger partial charge >= 0.3 is 12.2 Å². The van der Waals surface area contributed by atoms with Crippen LogP contribution in [0.2, 0.25) is 0 Å². The van der Waals surface area contributed by atoms with Crippen LogP contribution in [0.1, 0.15) is 24.9 Å². The largest absolute Gasteiger partial charge is 0.401 e. The van der Waals surface area contributed by atoms with Gasteiger partial charge in [-0.3, -0.25) is 4.90 Å². The average Bonchev–Trinajstić information content (AvgIpc) is 2.84. The molecule has 2 rings (SSSR count). The highest BCUT2D eigenvalue weighted by molar-refractivity contribution is 5.74. The van der Waals surface area contributed by atoms with Crippen molar-refractivity contribution in [2.75, 3.05) is 19.6 Å². The SMILES string of the molecule is C[C@@H](NC(=O)N[C@@H]1CCN(CC(F)(F)F)C1)c1ccccc1. The molecule has 7 heteroatoms. The maximum atomic E-state index is 12.3. The Balaban J connectivity index is 1.76. The predicted molar refractivity (Wildman–Crippen MR) is 77.4 cm³/mol. The molecule has 1 aliphatic rings. The normalized spacial score (nSPS) is 20.6. The number of carbonyl (C=O) groups excluding carboxylic acids is 1. The number of likely N-dealkylation sites (tertiary alicyclic amines) is 1. The van der Waals surface area contributed by atoms with E-state index in [1.165, 1.54) is 4.90 Å². The number of nitrogens with zero attached hydrogens (tertiary/aromatic N) is 1. The third kappa shape index (κ3) is 5.22. The van der Waals surface area contributed by atoms with Gasteiger partial charge in [0.15, 0.2) is 0 Å². The van der Waals surface area contributed by atoms with E-state index in [1.807, 2.05) is 37.3 Å². The van der Waals surface area contributed by atoms with E-state index in [-0.39, 0.29) is 24.7 Å². The van der Waals surface area contributed by atoms with E-state index in [0.717, 1.165) is 5.56 Å². The first kappa shape index (κ1) is 16.6. The van der Waals surface area contributed by atoms with Crippen molar-refractivity contribution in [2.45, 2.75) is 31.6 Å². The summed E-state index contributed by atoms with van der Waals surface area (Å²) in [7, 11) is 0. The molecule has 1 aromatic carbocycles. The molecule has 1 aromatic rings. The van der Waals surface area contributed by atoms with Gasteiger partial charge in [0.25, 0.3) is 0 Å². The summed E-state index contributed by atoms with van der Waals surface area (Å²) < 4.78 is 36.9. The van der Waals surface area contributed by atoms with Gasteiger partial charge in [-0.05, 0) is 18.9 Å². The van der Waals surface area contributed by atoms with Crippen molar-refractivity contribution in [1.82, 2.24) is 15.5 Å². The average molecular weight is 315 g/mol. The van der Waals surface area contributed by atoms with Gasteiger partial charge in [0.2, 0.25) is 0 Å². The van der Waals surface area contributed by atoms with E-state index in [4.69, 9.17) is 0 Å². The van der Waals surface area contributed by atoms with Crippen LogP contribution < -0.4 is 10.6 Å². The summed E-state index contributed by atoms with van der Waals surface area (Å²) in [5.41, 5.74) is 0.975. The van der Waals surface area contributed by atoms with Crippen LogP contribution in [-0.4, -0.2) is 42.8 Å². The number of carbonyl (C=O) groups is 1. The molecule has 0 saturated carbocycles. The molecule has 1 fully saturated rings. The zero-order valence-electron chi connectivity index (χ0n) is 12.4. The van der Waals surface area contributed by atoms with Crippen molar-refractivity contribution >= 4 is 6.03 Å². The summed E-state index contributed by atoms with van der Waals surface area (Å²) in [6.07, 6.45) is -3.66. The second kappa shape index (κ2) is 7.00. The summed E-state index contributed by atoms with van der Waals surface area (Å²) in [5.74, 6) is 0. The smallest absolute Gasteiger partial charge is 0.334 e. The Bertz CT molecular complexity index is 493. The molecule has 122 valence electrons. The van der Waals surface area contributed by atoms with Crippen LogP contribution in [-0.2, 0) is 0 Å². The fourth-order valence-corrected chi connectivity index (χ4v) is 2.60. The lowest BCUT2D eigenvalue weighted by Gasteiger charge is -2.19. The van der Waals surface area contributed by atoms with Gasteiger partial charge in [-0.25, -0.2) is 4.79 Å².